The molecule has 1 aliphatic carbocycles. The van der Waals surface area contributed by atoms with Gasteiger partial charge < -0.3 is 10.6 Å². The van der Waals surface area contributed by atoms with Gasteiger partial charge in [0.05, 0.1) is 0 Å². The normalized spacial score (nSPS) is 37.9. The molecule has 0 aromatic carbocycles. The zero-order valence-electron chi connectivity index (χ0n) is 8.76. The molecule has 78 valence electrons. The second kappa shape index (κ2) is 3.58. The monoisotopic (exact) mass is 192 g/mol. The molecule has 14 heavy (non-hydrogen) atoms. The second-order valence-corrected chi connectivity index (χ2v) is 5.01. The summed E-state index contributed by atoms with van der Waals surface area (Å²) in [6.45, 7) is 2.38. The van der Waals surface area contributed by atoms with Crippen LogP contribution in [-0.2, 0) is 0 Å². The first kappa shape index (κ1) is 8.78. The van der Waals surface area contributed by atoms with Crippen molar-refractivity contribution in [2.45, 2.75) is 38.1 Å². The SMILES string of the molecule is C1=C(C2CCCC2)NC2CCNCC12. The summed E-state index contributed by atoms with van der Waals surface area (Å²) in [5, 5.41) is 7.24. The molecule has 3 aliphatic rings. The largest absolute Gasteiger partial charge is 0.385 e. The van der Waals surface area contributed by atoms with E-state index in [9.17, 15) is 0 Å². The van der Waals surface area contributed by atoms with Crippen molar-refractivity contribution in [3.05, 3.63) is 11.8 Å². The lowest BCUT2D eigenvalue weighted by molar-refractivity contribution is 0.361. The minimum atomic E-state index is 0.756. The number of fused-ring (bicyclic) bond motifs is 1. The first-order chi connectivity index (χ1) is 6.93. The van der Waals surface area contributed by atoms with Gasteiger partial charge in [-0.05, 0) is 31.7 Å². The van der Waals surface area contributed by atoms with E-state index in [1.165, 1.54) is 45.2 Å². The van der Waals surface area contributed by atoms with Gasteiger partial charge in [-0.2, -0.15) is 0 Å². The molecular formula is C12H20N2. The van der Waals surface area contributed by atoms with Crippen molar-refractivity contribution in [1.82, 2.24) is 10.6 Å². The summed E-state index contributed by atoms with van der Waals surface area (Å²) in [5.74, 6) is 1.65. The van der Waals surface area contributed by atoms with Crippen LogP contribution in [0.5, 0.6) is 0 Å². The van der Waals surface area contributed by atoms with Crippen LogP contribution in [0.2, 0.25) is 0 Å². The summed E-state index contributed by atoms with van der Waals surface area (Å²) >= 11 is 0. The molecule has 3 rings (SSSR count). The number of hydrogen-bond acceptors (Lipinski definition) is 2. The fourth-order valence-corrected chi connectivity index (χ4v) is 3.22. The fraction of sp³-hybridized carbons (Fsp3) is 0.833. The third-order valence-electron chi connectivity index (χ3n) is 4.07. The van der Waals surface area contributed by atoms with Crippen LogP contribution in [0, 0.1) is 11.8 Å². The molecule has 2 atom stereocenters. The Morgan fingerprint density at radius 3 is 2.79 bits per heavy atom. The Hall–Kier alpha value is -0.500. The lowest BCUT2D eigenvalue weighted by Crippen LogP contribution is -2.42. The molecule has 1 saturated heterocycles. The van der Waals surface area contributed by atoms with Crippen molar-refractivity contribution in [2.24, 2.45) is 11.8 Å². The summed E-state index contributed by atoms with van der Waals surface area (Å²) < 4.78 is 0. The minimum Gasteiger partial charge on any atom is -0.385 e. The Balaban J connectivity index is 1.70. The Bertz CT molecular complexity index is 241. The van der Waals surface area contributed by atoms with Crippen molar-refractivity contribution in [3.8, 4) is 0 Å². The number of nitrogens with one attached hydrogen (secondary N) is 2. The van der Waals surface area contributed by atoms with E-state index in [1.807, 2.05) is 0 Å². The van der Waals surface area contributed by atoms with Gasteiger partial charge in [0, 0.05) is 24.2 Å². The van der Waals surface area contributed by atoms with Crippen LogP contribution in [0.1, 0.15) is 32.1 Å². The molecule has 1 saturated carbocycles. The Morgan fingerprint density at radius 2 is 2.00 bits per heavy atom. The van der Waals surface area contributed by atoms with Crippen LogP contribution in [0.3, 0.4) is 0 Å². The Labute approximate surface area is 86.1 Å². The van der Waals surface area contributed by atoms with E-state index in [0.29, 0.717) is 0 Å². The van der Waals surface area contributed by atoms with Gasteiger partial charge in [-0.3, -0.25) is 0 Å². The predicted octanol–water partition coefficient (Wildman–Crippen LogP) is 1.64. The minimum absolute atomic E-state index is 0.756. The van der Waals surface area contributed by atoms with Crippen molar-refractivity contribution >= 4 is 0 Å². The zero-order chi connectivity index (χ0) is 9.38. The van der Waals surface area contributed by atoms with Gasteiger partial charge in [-0.25, -0.2) is 0 Å². The summed E-state index contributed by atoms with van der Waals surface area (Å²) in [6.07, 6.45) is 9.55. The van der Waals surface area contributed by atoms with E-state index in [-0.39, 0.29) is 0 Å². The van der Waals surface area contributed by atoms with Crippen LogP contribution in [0.15, 0.2) is 11.8 Å². The highest BCUT2D eigenvalue weighted by atomic mass is 15.0. The summed E-state index contributed by atoms with van der Waals surface area (Å²) in [4.78, 5) is 0. The molecule has 2 unspecified atom stereocenters. The molecule has 2 heteroatoms. The fourth-order valence-electron chi connectivity index (χ4n) is 3.22. The first-order valence-corrected chi connectivity index (χ1v) is 6.12. The average molecular weight is 192 g/mol. The highest BCUT2D eigenvalue weighted by Gasteiger charge is 2.32. The molecule has 0 radical (unpaired) electrons. The van der Waals surface area contributed by atoms with Gasteiger partial charge in [0.25, 0.3) is 0 Å². The van der Waals surface area contributed by atoms with Gasteiger partial charge in [0.1, 0.15) is 0 Å². The highest BCUT2D eigenvalue weighted by Crippen LogP contribution is 2.34. The van der Waals surface area contributed by atoms with Gasteiger partial charge in [-0.15, -0.1) is 0 Å². The van der Waals surface area contributed by atoms with Crippen LogP contribution in [0.25, 0.3) is 0 Å². The van der Waals surface area contributed by atoms with Crippen molar-refractivity contribution in [2.75, 3.05) is 13.1 Å². The highest BCUT2D eigenvalue weighted by molar-refractivity contribution is 5.18. The van der Waals surface area contributed by atoms with Gasteiger partial charge >= 0.3 is 0 Å². The van der Waals surface area contributed by atoms with Gasteiger partial charge in [0.2, 0.25) is 0 Å². The van der Waals surface area contributed by atoms with Gasteiger partial charge in [-0.1, -0.05) is 18.9 Å². The smallest absolute Gasteiger partial charge is 0.0345 e. The molecule has 0 amide bonds. The molecule has 2 aliphatic heterocycles. The molecule has 0 aromatic heterocycles. The molecule has 0 spiro atoms. The molecule has 2 nitrogen and oxygen atoms in total. The lowest BCUT2D eigenvalue weighted by Gasteiger charge is -2.26. The van der Waals surface area contributed by atoms with E-state index in [4.69, 9.17) is 0 Å². The molecule has 2 N–H and O–H groups in total. The van der Waals surface area contributed by atoms with E-state index in [1.54, 1.807) is 5.70 Å². The number of hydrogen-bond donors (Lipinski definition) is 2. The van der Waals surface area contributed by atoms with Crippen LogP contribution in [-0.4, -0.2) is 19.1 Å². The third kappa shape index (κ3) is 1.46. The van der Waals surface area contributed by atoms with Gasteiger partial charge in [0.15, 0.2) is 0 Å². The van der Waals surface area contributed by atoms with E-state index < -0.39 is 0 Å². The van der Waals surface area contributed by atoms with Crippen LogP contribution in [0.4, 0.5) is 0 Å². The maximum Gasteiger partial charge on any atom is 0.0345 e. The predicted molar refractivity (Wildman–Crippen MR) is 57.9 cm³/mol. The molecule has 2 fully saturated rings. The molecule has 2 heterocycles. The third-order valence-corrected chi connectivity index (χ3v) is 4.07. The summed E-state index contributed by atoms with van der Waals surface area (Å²) in [7, 11) is 0. The summed E-state index contributed by atoms with van der Waals surface area (Å²) in [6, 6.07) is 0.756. The standard InChI is InChI=1S/C12H20N2/c1-2-4-9(3-1)12-7-10-8-13-6-5-11(10)14-12/h7,9-11,13-14H,1-6,8H2. The number of allylic oxidation sites excluding steroid dienone is 1. The zero-order valence-corrected chi connectivity index (χ0v) is 8.76. The second-order valence-electron chi connectivity index (χ2n) is 5.01. The maximum absolute atomic E-state index is 3.76. The first-order valence-electron chi connectivity index (χ1n) is 6.12. The lowest BCUT2D eigenvalue weighted by atomic mass is 9.96. The number of piperidine rings is 1. The maximum atomic E-state index is 3.76. The van der Waals surface area contributed by atoms with Crippen molar-refractivity contribution in [3.63, 3.8) is 0 Å². The van der Waals surface area contributed by atoms with E-state index in [2.05, 4.69) is 16.7 Å². The van der Waals surface area contributed by atoms with Crippen LogP contribution < -0.4 is 10.6 Å². The molecular weight excluding hydrogens is 172 g/mol. The van der Waals surface area contributed by atoms with E-state index in [0.717, 1.165) is 17.9 Å². The summed E-state index contributed by atoms with van der Waals surface area (Å²) in [5.41, 5.74) is 1.58. The Kier molecular flexibility index (Phi) is 2.24. The molecule has 0 bridgehead atoms. The topological polar surface area (TPSA) is 24.1 Å². The number of rotatable bonds is 1. The quantitative estimate of drug-likeness (QED) is 0.660. The van der Waals surface area contributed by atoms with Crippen molar-refractivity contribution in [1.29, 1.82) is 0 Å². The van der Waals surface area contributed by atoms with Crippen LogP contribution >= 0.6 is 0 Å². The Morgan fingerprint density at radius 1 is 1.14 bits per heavy atom. The van der Waals surface area contributed by atoms with Crippen molar-refractivity contribution < 1.29 is 0 Å². The van der Waals surface area contributed by atoms with E-state index >= 15 is 0 Å². The average Bonchev–Trinajstić information content (AvgIpc) is 2.86. The molecule has 0 aromatic rings.